The minimum atomic E-state index is -0.0534. The van der Waals surface area contributed by atoms with Crippen LogP contribution in [-0.2, 0) is 0 Å². The summed E-state index contributed by atoms with van der Waals surface area (Å²) in [6, 6.07) is 17.4. The van der Waals surface area contributed by atoms with Crippen LogP contribution in [0.4, 0.5) is 0 Å². The fraction of sp³-hybridized carbons (Fsp3) is 0.269. The molecule has 0 radical (unpaired) electrons. The van der Waals surface area contributed by atoms with Crippen LogP contribution in [0.5, 0.6) is 11.5 Å². The van der Waals surface area contributed by atoms with E-state index in [1.165, 1.54) is 11.3 Å². The largest absolute Gasteiger partial charge is 0.493 e. The second-order valence-electron chi connectivity index (χ2n) is 8.37. The smallest absolute Gasteiger partial charge is 0.273 e. The topological polar surface area (TPSA) is 43.7 Å². The Kier molecular flexibility index (Phi) is 7.53. The number of likely N-dealkylation sites (tertiary alicyclic amines) is 1. The number of benzene rings is 2. The van der Waals surface area contributed by atoms with Crippen molar-refractivity contribution in [3.8, 4) is 27.6 Å². The first-order chi connectivity index (χ1) is 16.0. The Hall–Kier alpha value is -2.51. The Morgan fingerprint density at radius 1 is 1.06 bits per heavy atom. The zero-order chi connectivity index (χ0) is 22.9. The molecule has 0 N–H and O–H groups in total. The van der Waals surface area contributed by atoms with Crippen molar-refractivity contribution < 1.29 is 9.47 Å². The maximum Gasteiger partial charge on any atom is 0.273 e. The van der Waals surface area contributed by atoms with E-state index in [9.17, 15) is 4.79 Å². The van der Waals surface area contributed by atoms with Crippen LogP contribution < -0.4 is 15.0 Å². The number of hydrogen-bond acceptors (Lipinski definition) is 5. The van der Waals surface area contributed by atoms with Crippen LogP contribution in [0.3, 0.4) is 0 Å². The minimum Gasteiger partial charge on any atom is -0.493 e. The van der Waals surface area contributed by atoms with E-state index in [0.717, 1.165) is 47.4 Å². The SMILES string of the molecule is COc1cc(-n2ccc3cc(-c4ccc(Cl)cc4)sc3c2=O)ccc1O[C@@H]1CCCN(C)C1.Cl. The van der Waals surface area contributed by atoms with Gasteiger partial charge in [0.25, 0.3) is 5.56 Å². The first-order valence-electron chi connectivity index (χ1n) is 11.0. The van der Waals surface area contributed by atoms with Crippen LogP contribution in [0.2, 0.25) is 5.02 Å². The fourth-order valence-electron chi connectivity index (χ4n) is 4.29. The lowest BCUT2D eigenvalue weighted by Crippen LogP contribution is -2.38. The summed E-state index contributed by atoms with van der Waals surface area (Å²) in [4.78, 5) is 16.7. The highest BCUT2D eigenvalue weighted by atomic mass is 35.5. The highest BCUT2D eigenvalue weighted by Gasteiger charge is 2.20. The lowest BCUT2D eigenvalue weighted by atomic mass is 10.1. The van der Waals surface area contributed by atoms with Crippen molar-refractivity contribution in [3.63, 3.8) is 0 Å². The average Bonchev–Trinajstić information content (AvgIpc) is 3.26. The van der Waals surface area contributed by atoms with Crippen molar-refractivity contribution in [1.82, 2.24) is 9.47 Å². The predicted octanol–water partition coefficient (Wildman–Crippen LogP) is 6.28. The van der Waals surface area contributed by atoms with E-state index in [4.69, 9.17) is 21.1 Å². The number of halogens is 2. The first kappa shape index (κ1) is 24.6. The predicted molar refractivity (Wildman–Crippen MR) is 143 cm³/mol. The van der Waals surface area contributed by atoms with Gasteiger partial charge < -0.3 is 14.4 Å². The highest BCUT2D eigenvalue weighted by Crippen LogP contribution is 2.34. The number of fused-ring (bicyclic) bond motifs is 1. The van der Waals surface area contributed by atoms with Gasteiger partial charge in [-0.25, -0.2) is 0 Å². The number of pyridine rings is 1. The molecule has 34 heavy (non-hydrogen) atoms. The molecule has 178 valence electrons. The molecular weight excluding hydrogens is 491 g/mol. The van der Waals surface area contributed by atoms with Gasteiger partial charge in [-0.2, -0.15) is 0 Å². The number of hydrogen-bond donors (Lipinski definition) is 0. The van der Waals surface area contributed by atoms with Gasteiger partial charge in [0.15, 0.2) is 11.5 Å². The summed E-state index contributed by atoms with van der Waals surface area (Å²) in [5, 5.41) is 1.62. The second kappa shape index (κ2) is 10.4. The summed E-state index contributed by atoms with van der Waals surface area (Å²) in [6.45, 7) is 2.00. The van der Waals surface area contributed by atoms with Crippen molar-refractivity contribution >= 4 is 45.4 Å². The van der Waals surface area contributed by atoms with Crippen molar-refractivity contribution in [2.75, 3.05) is 27.2 Å². The third-order valence-corrected chi connectivity index (χ3v) is 7.45. The van der Waals surface area contributed by atoms with E-state index in [1.807, 2.05) is 60.8 Å². The molecule has 1 aliphatic rings. The average molecular weight is 517 g/mol. The van der Waals surface area contributed by atoms with Crippen molar-refractivity contribution in [2.45, 2.75) is 18.9 Å². The number of likely N-dealkylation sites (N-methyl/N-ethyl adjacent to an activating group) is 1. The molecule has 3 heterocycles. The third-order valence-electron chi connectivity index (χ3n) is 6.01. The molecule has 1 aliphatic heterocycles. The molecule has 0 spiro atoms. The number of methoxy groups -OCH3 is 1. The number of aromatic nitrogens is 1. The number of rotatable bonds is 5. The fourth-order valence-corrected chi connectivity index (χ4v) is 5.50. The standard InChI is InChI=1S/C26H25ClN2O3S.ClH/c1-28-12-3-4-21(16-28)32-22-10-9-20(15-23(22)31-2)29-13-11-18-14-24(33-25(18)26(29)30)17-5-7-19(27)8-6-17;/h5-11,13-15,21H,3-4,12,16H2,1-2H3;1H/t21-;/m1./s1. The van der Waals surface area contributed by atoms with Gasteiger partial charge >= 0.3 is 0 Å². The van der Waals surface area contributed by atoms with Crippen LogP contribution >= 0.6 is 35.3 Å². The van der Waals surface area contributed by atoms with E-state index in [2.05, 4.69) is 11.9 Å². The molecular formula is C26H26Cl2N2O3S. The molecule has 2 aromatic carbocycles. The number of thiophene rings is 1. The van der Waals surface area contributed by atoms with Gasteiger partial charge in [0.05, 0.1) is 12.8 Å². The van der Waals surface area contributed by atoms with Crippen LogP contribution in [0.25, 0.3) is 26.2 Å². The summed E-state index contributed by atoms with van der Waals surface area (Å²) < 4.78 is 14.2. The summed E-state index contributed by atoms with van der Waals surface area (Å²) in [5.74, 6) is 1.33. The Morgan fingerprint density at radius 3 is 2.59 bits per heavy atom. The first-order valence-corrected chi connectivity index (χ1v) is 12.2. The molecule has 8 heteroatoms. The molecule has 5 nitrogen and oxygen atoms in total. The van der Waals surface area contributed by atoms with E-state index in [-0.39, 0.29) is 24.1 Å². The molecule has 0 saturated carbocycles. The monoisotopic (exact) mass is 516 g/mol. The van der Waals surface area contributed by atoms with E-state index >= 15 is 0 Å². The molecule has 1 atom stereocenters. The molecule has 0 amide bonds. The quantitative estimate of drug-likeness (QED) is 0.313. The zero-order valence-corrected chi connectivity index (χ0v) is 21.4. The van der Waals surface area contributed by atoms with Gasteiger partial charge in [0.2, 0.25) is 0 Å². The molecule has 0 aliphatic carbocycles. The summed E-state index contributed by atoms with van der Waals surface area (Å²) in [7, 11) is 3.74. The van der Waals surface area contributed by atoms with Crippen molar-refractivity contribution in [1.29, 1.82) is 0 Å². The molecule has 5 rings (SSSR count). The Balaban J connectivity index is 0.00000274. The lowest BCUT2D eigenvalue weighted by Gasteiger charge is -2.30. The molecule has 2 aromatic heterocycles. The van der Waals surface area contributed by atoms with Gasteiger partial charge in [-0.05, 0) is 68.4 Å². The van der Waals surface area contributed by atoms with Crippen LogP contribution in [0.15, 0.2) is 65.6 Å². The van der Waals surface area contributed by atoms with Crippen LogP contribution in [0, 0.1) is 0 Å². The maximum atomic E-state index is 13.3. The highest BCUT2D eigenvalue weighted by molar-refractivity contribution is 7.22. The van der Waals surface area contributed by atoms with Crippen LogP contribution in [-0.4, -0.2) is 42.8 Å². The Bertz CT molecular complexity index is 1350. The van der Waals surface area contributed by atoms with E-state index in [0.29, 0.717) is 21.2 Å². The van der Waals surface area contributed by atoms with Gasteiger partial charge in [0.1, 0.15) is 10.8 Å². The summed E-state index contributed by atoms with van der Waals surface area (Å²) >= 11 is 7.51. The second-order valence-corrected chi connectivity index (χ2v) is 9.86. The molecule has 4 aromatic rings. The number of nitrogens with zero attached hydrogens (tertiary/aromatic N) is 2. The lowest BCUT2D eigenvalue weighted by molar-refractivity contribution is 0.101. The van der Waals surface area contributed by atoms with Gasteiger partial charge in [0, 0.05) is 34.1 Å². The maximum absolute atomic E-state index is 13.3. The number of ether oxygens (including phenoxy) is 2. The number of piperidine rings is 1. The third kappa shape index (κ3) is 4.96. The van der Waals surface area contributed by atoms with Crippen molar-refractivity contribution in [3.05, 3.63) is 76.2 Å². The molecule has 1 saturated heterocycles. The minimum absolute atomic E-state index is 0. The van der Waals surface area contributed by atoms with Crippen LogP contribution in [0.1, 0.15) is 12.8 Å². The van der Waals surface area contributed by atoms with Gasteiger partial charge in [-0.15, -0.1) is 23.7 Å². The van der Waals surface area contributed by atoms with Crippen molar-refractivity contribution in [2.24, 2.45) is 0 Å². The summed E-state index contributed by atoms with van der Waals surface area (Å²) in [5.41, 5.74) is 1.73. The molecule has 1 fully saturated rings. The summed E-state index contributed by atoms with van der Waals surface area (Å²) in [6.07, 6.45) is 4.10. The Labute approximate surface area is 213 Å². The molecule has 0 bridgehead atoms. The van der Waals surface area contributed by atoms with E-state index in [1.54, 1.807) is 11.7 Å². The zero-order valence-electron chi connectivity index (χ0n) is 19.0. The van der Waals surface area contributed by atoms with E-state index < -0.39 is 0 Å². The van der Waals surface area contributed by atoms with Gasteiger partial charge in [-0.1, -0.05) is 23.7 Å². The van der Waals surface area contributed by atoms with Gasteiger partial charge in [-0.3, -0.25) is 9.36 Å². The Morgan fingerprint density at radius 2 is 1.85 bits per heavy atom. The normalized spacial score (nSPS) is 16.3. The molecule has 0 unspecified atom stereocenters.